The van der Waals surface area contributed by atoms with E-state index in [9.17, 15) is 10.1 Å². The lowest BCUT2D eigenvalue weighted by molar-refractivity contribution is -0.384. The monoisotopic (exact) mass is 330 g/mol. The number of aromatic nitrogens is 2. The van der Waals surface area contributed by atoms with Crippen molar-refractivity contribution < 1.29 is 9.66 Å². The third-order valence-electron chi connectivity index (χ3n) is 3.34. The van der Waals surface area contributed by atoms with Crippen LogP contribution in [0, 0.1) is 10.1 Å². The summed E-state index contributed by atoms with van der Waals surface area (Å²) in [5.74, 6) is 1.40. The van der Waals surface area contributed by atoms with E-state index in [-0.39, 0.29) is 11.1 Å². The third-order valence-corrected chi connectivity index (χ3v) is 3.34. The molecule has 1 aromatic heterocycles. The molecule has 2 rings (SSSR count). The highest BCUT2D eigenvalue weighted by Gasteiger charge is 2.19. The predicted molar refractivity (Wildman–Crippen MR) is 91.9 cm³/mol. The van der Waals surface area contributed by atoms with Gasteiger partial charge in [0.15, 0.2) is 0 Å². The highest BCUT2D eigenvalue weighted by Crippen LogP contribution is 2.21. The van der Waals surface area contributed by atoms with Gasteiger partial charge in [0.2, 0.25) is 0 Å². The molecule has 0 spiro atoms. The quantitative estimate of drug-likeness (QED) is 0.644. The molecule has 128 valence electrons. The van der Waals surface area contributed by atoms with Crippen molar-refractivity contribution in [1.82, 2.24) is 9.97 Å². The number of anilines is 1. The van der Waals surface area contributed by atoms with Crippen LogP contribution in [0.1, 0.15) is 37.9 Å². The third kappa shape index (κ3) is 4.73. The molecule has 7 nitrogen and oxygen atoms in total. The summed E-state index contributed by atoms with van der Waals surface area (Å²) >= 11 is 0. The number of rotatable bonds is 6. The van der Waals surface area contributed by atoms with E-state index in [1.807, 2.05) is 32.9 Å². The van der Waals surface area contributed by atoms with Crippen molar-refractivity contribution in [2.75, 3.05) is 12.4 Å². The molecule has 0 radical (unpaired) electrons. The van der Waals surface area contributed by atoms with Crippen molar-refractivity contribution in [3.8, 4) is 0 Å². The minimum atomic E-state index is -0.400. The van der Waals surface area contributed by atoms with Crippen LogP contribution in [-0.4, -0.2) is 22.0 Å². The topological polar surface area (TPSA) is 90.2 Å². The minimum absolute atomic E-state index is 0.0763. The Morgan fingerprint density at radius 1 is 1.25 bits per heavy atom. The molecular weight excluding hydrogens is 308 g/mol. The molecule has 24 heavy (non-hydrogen) atoms. The van der Waals surface area contributed by atoms with E-state index in [4.69, 9.17) is 4.74 Å². The van der Waals surface area contributed by atoms with Crippen molar-refractivity contribution in [2.24, 2.45) is 0 Å². The number of methoxy groups -OCH3 is 1. The maximum absolute atomic E-state index is 10.8. The Labute approximate surface area is 141 Å². The van der Waals surface area contributed by atoms with Crippen molar-refractivity contribution in [3.63, 3.8) is 0 Å². The molecule has 1 N–H and O–H groups in total. The van der Waals surface area contributed by atoms with Gasteiger partial charge in [-0.3, -0.25) is 10.1 Å². The number of ether oxygens (including phenoxy) is 1. The summed E-state index contributed by atoms with van der Waals surface area (Å²) in [4.78, 5) is 19.5. The summed E-state index contributed by atoms with van der Waals surface area (Å²) in [6.45, 7) is 6.97. The average molecular weight is 330 g/mol. The van der Waals surface area contributed by atoms with E-state index in [0.29, 0.717) is 19.0 Å². The molecule has 1 heterocycles. The van der Waals surface area contributed by atoms with Gasteiger partial charge in [-0.25, -0.2) is 9.97 Å². The molecule has 2 aromatic rings. The summed E-state index contributed by atoms with van der Waals surface area (Å²) in [6.07, 6.45) is 0. The summed E-state index contributed by atoms with van der Waals surface area (Å²) < 4.78 is 5.16. The van der Waals surface area contributed by atoms with E-state index < -0.39 is 4.92 Å². The number of benzene rings is 1. The molecule has 0 aliphatic heterocycles. The fourth-order valence-electron chi connectivity index (χ4n) is 2.12. The molecule has 7 heteroatoms. The van der Waals surface area contributed by atoms with E-state index in [2.05, 4.69) is 15.3 Å². The van der Waals surface area contributed by atoms with Crippen LogP contribution in [0.4, 0.5) is 11.5 Å². The maximum atomic E-state index is 10.8. The summed E-state index contributed by atoms with van der Waals surface area (Å²) in [5.41, 5.74) is 1.49. The van der Waals surface area contributed by atoms with Gasteiger partial charge in [-0.15, -0.1) is 0 Å². The number of nitro benzene ring substituents is 1. The van der Waals surface area contributed by atoms with Gasteiger partial charge in [0.25, 0.3) is 5.69 Å². The van der Waals surface area contributed by atoms with Gasteiger partial charge >= 0.3 is 0 Å². The SMILES string of the molecule is COCc1cc(NCc2cccc([N+](=O)[O-])c2)nc(C(C)(C)C)n1. The standard InChI is InChI=1S/C17H22N4O3/c1-17(2,3)16-19-13(11-24-4)9-15(20-16)18-10-12-6-5-7-14(8-12)21(22)23/h5-9H,10-11H2,1-4H3,(H,18,19,20). The number of nitrogens with one attached hydrogen (secondary N) is 1. The van der Waals surface area contributed by atoms with Crippen LogP contribution < -0.4 is 5.32 Å². The molecule has 0 bridgehead atoms. The summed E-state index contributed by atoms with van der Waals surface area (Å²) in [6, 6.07) is 8.36. The van der Waals surface area contributed by atoms with Crippen LogP contribution in [0.5, 0.6) is 0 Å². The predicted octanol–water partition coefficient (Wildman–Crippen LogP) is 3.44. The molecule has 0 unspecified atom stereocenters. The van der Waals surface area contributed by atoms with Crippen LogP contribution in [0.15, 0.2) is 30.3 Å². The first-order chi connectivity index (χ1) is 11.3. The summed E-state index contributed by atoms with van der Waals surface area (Å²) in [7, 11) is 1.62. The lowest BCUT2D eigenvalue weighted by atomic mass is 9.95. The molecule has 0 fully saturated rings. The van der Waals surface area contributed by atoms with Crippen LogP contribution in [-0.2, 0) is 23.3 Å². The van der Waals surface area contributed by atoms with E-state index in [1.165, 1.54) is 6.07 Å². The smallest absolute Gasteiger partial charge is 0.269 e. The Morgan fingerprint density at radius 3 is 2.62 bits per heavy atom. The number of hydrogen-bond donors (Lipinski definition) is 1. The van der Waals surface area contributed by atoms with Gasteiger partial charge < -0.3 is 10.1 Å². The Morgan fingerprint density at radius 2 is 2.00 bits per heavy atom. The molecule has 0 saturated carbocycles. The van der Waals surface area contributed by atoms with Crippen molar-refractivity contribution in [2.45, 2.75) is 39.3 Å². The number of nitrogens with zero attached hydrogens (tertiary/aromatic N) is 3. The van der Waals surface area contributed by atoms with Crippen molar-refractivity contribution in [1.29, 1.82) is 0 Å². The number of non-ortho nitro benzene ring substituents is 1. The maximum Gasteiger partial charge on any atom is 0.269 e. The Balaban J connectivity index is 2.21. The highest BCUT2D eigenvalue weighted by molar-refractivity contribution is 5.40. The molecule has 0 amide bonds. The fourth-order valence-corrected chi connectivity index (χ4v) is 2.12. The normalized spacial score (nSPS) is 11.3. The zero-order chi connectivity index (χ0) is 17.7. The largest absolute Gasteiger partial charge is 0.378 e. The lowest BCUT2D eigenvalue weighted by Crippen LogP contribution is -2.18. The van der Waals surface area contributed by atoms with Gasteiger partial charge in [-0.1, -0.05) is 32.9 Å². The Hall–Kier alpha value is -2.54. The number of hydrogen-bond acceptors (Lipinski definition) is 6. The second-order valence-electron chi connectivity index (χ2n) is 6.53. The van der Waals surface area contributed by atoms with Gasteiger partial charge in [0.1, 0.15) is 11.6 Å². The van der Waals surface area contributed by atoms with Gasteiger partial charge in [-0.05, 0) is 5.56 Å². The first-order valence-electron chi connectivity index (χ1n) is 7.64. The van der Waals surface area contributed by atoms with E-state index in [0.717, 1.165) is 17.1 Å². The molecule has 0 aliphatic carbocycles. The van der Waals surface area contributed by atoms with E-state index in [1.54, 1.807) is 19.2 Å². The molecule has 0 atom stereocenters. The van der Waals surface area contributed by atoms with Gasteiger partial charge in [-0.2, -0.15) is 0 Å². The molecular formula is C17H22N4O3. The minimum Gasteiger partial charge on any atom is -0.378 e. The Bertz CT molecular complexity index is 726. The zero-order valence-electron chi connectivity index (χ0n) is 14.4. The van der Waals surface area contributed by atoms with Crippen LogP contribution in [0.3, 0.4) is 0 Å². The fraction of sp³-hybridized carbons (Fsp3) is 0.412. The highest BCUT2D eigenvalue weighted by atomic mass is 16.6. The first-order valence-corrected chi connectivity index (χ1v) is 7.64. The van der Waals surface area contributed by atoms with Crippen LogP contribution >= 0.6 is 0 Å². The average Bonchev–Trinajstić information content (AvgIpc) is 2.52. The van der Waals surface area contributed by atoms with Crippen LogP contribution in [0.2, 0.25) is 0 Å². The van der Waals surface area contributed by atoms with E-state index >= 15 is 0 Å². The molecule has 1 aromatic carbocycles. The van der Waals surface area contributed by atoms with Gasteiger partial charge in [0.05, 0.1) is 17.2 Å². The molecule has 0 aliphatic rings. The number of nitro groups is 1. The second-order valence-corrected chi connectivity index (χ2v) is 6.53. The second kappa shape index (κ2) is 7.35. The molecule has 0 saturated heterocycles. The van der Waals surface area contributed by atoms with Crippen molar-refractivity contribution >= 4 is 11.5 Å². The van der Waals surface area contributed by atoms with Gasteiger partial charge in [0, 0.05) is 37.3 Å². The Kier molecular flexibility index (Phi) is 5.46. The van der Waals surface area contributed by atoms with Crippen LogP contribution in [0.25, 0.3) is 0 Å². The summed E-state index contributed by atoms with van der Waals surface area (Å²) in [5, 5.41) is 14.1. The van der Waals surface area contributed by atoms with Crippen molar-refractivity contribution in [3.05, 3.63) is 57.5 Å². The first kappa shape index (κ1) is 17.8. The lowest BCUT2D eigenvalue weighted by Gasteiger charge is -2.19. The zero-order valence-corrected chi connectivity index (χ0v) is 14.4.